The molecule has 1 N–H and O–H groups in total. The van der Waals surface area contributed by atoms with E-state index in [0.29, 0.717) is 12.5 Å². The van der Waals surface area contributed by atoms with E-state index in [0.717, 1.165) is 38.9 Å². The number of hydrogen-bond acceptors (Lipinski definition) is 3. The SMILES string of the molecule is CC(C)c1cc(-c2cccc(OCc3ccc(C(C)(C)O)cc3)c2)c2ncccc2c1. The summed E-state index contributed by atoms with van der Waals surface area (Å²) in [6.07, 6.45) is 1.85. The second-order valence-corrected chi connectivity index (χ2v) is 8.87. The molecule has 0 spiro atoms. The monoisotopic (exact) mass is 411 g/mol. The van der Waals surface area contributed by atoms with Crippen LogP contribution in [0.3, 0.4) is 0 Å². The van der Waals surface area contributed by atoms with Crippen LogP contribution >= 0.6 is 0 Å². The minimum Gasteiger partial charge on any atom is -0.489 e. The Morgan fingerprint density at radius 1 is 0.935 bits per heavy atom. The summed E-state index contributed by atoms with van der Waals surface area (Å²) in [5, 5.41) is 11.3. The molecule has 0 fully saturated rings. The molecule has 0 bridgehead atoms. The molecule has 0 saturated carbocycles. The third kappa shape index (κ3) is 4.78. The van der Waals surface area contributed by atoms with Crippen LogP contribution in [-0.2, 0) is 12.2 Å². The predicted molar refractivity (Wildman–Crippen MR) is 127 cm³/mol. The summed E-state index contributed by atoms with van der Waals surface area (Å²) in [5.74, 6) is 1.26. The van der Waals surface area contributed by atoms with Crippen molar-refractivity contribution in [2.24, 2.45) is 0 Å². The standard InChI is InChI=1S/C28H29NO2/c1-19(2)23-15-22-8-6-14-29-27(22)26(17-23)21-7-5-9-25(16-21)31-18-20-10-12-24(13-11-20)28(3,4)30/h5-17,19,30H,18H2,1-4H3. The van der Waals surface area contributed by atoms with E-state index in [1.54, 1.807) is 13.8 Å². The highest BCUT2D eigenvalue weighted by molar-refractivity contribution is 5.94. The number of rotatable bonds is 6. The zero-order valence-corrected chi connectivity index (χ0v) is 18.6. The van der Waals surface area contributed by atoms with Gasteiger partial charge in [-0.05, 0) is 72.4 Å². The average Bonchev–Trinajstić information content (AvgIpc) is 2.76. The fraction of sp³-hybridized carbons (Fsp3) is 0.250. The normalized spacial score (nSPS) is 11.8. The van der Waals surface area contributed by atoms with Crippen molar-refractivity contribution in [1.29, 1.82) is 0 Å². The molecule has 0 amide bonds. The number of hydrogen-bond donors (Lipinski definition) is 1. The molecule has 31 heavy (non-hydrogen) atoms. The first-order chi connectivity index (χ1) is 14.8. The Bertz CT molecular complexity index is 1190. The van der Waals surface area contributed by atoms with Crippen LogP contribution in [0.1, 0.15) is 50.3 Å². The van der Waals surface area contributed by atoms with E-state index in [4.69, 9.17) is 4.74 Å². The van der Waals surface area contributed by atoms with Crippen molar-refractivity contribution in [2.45, 2.75) is 45.8 Å². The Labute approximate surface area is 184 Å². The van der Waals surface area contributed by atoms with Gasteiger partial charge in [0.05, 0.1) is 11.1 Å². The van der Waals surface area contributed by atoms with Gasteiger partial charge in [0, 0.05) is 17.1 Å². The molecule has 4 aromatic rings. The number of ether oxygens (including phenoxy) is 1. The van der Waals surface area contributed by atoms with Gasteiger partial charge in [-0.3, -0.25) is 4.98 Å². The van der Waals surface area contributed by atoms with E-state index in [1.807, 2.05) is 48.7 Å². The number of nitrogens with zero attached hydrogens (tertiary/aromatic N) is 1. The molecule has 1 heterocycles. The number of benzene rings is 3. The van der Waals surface area contributed by atoms with Gasteiger partial charge in [0.1, 0.15) is 12.4 Å². The van der Waals surface area contributed by atoms with Gasteiger partial charge in [0.25, 0.3) is 0 Å². The van der Waals surface area contributed by atoms with Gasteiger partial charge in [-0.15, -0.1) is 0 Å². The smallest absolute Gasteiger partial charge is 0.120 e. The molecule has 3 heteroatoms. The minimum atomic E-state index is -0.838. The van der Waals surface area contributed by atoms with Crippen LogP contribution in [0.2, 0.25) is 0 Å². The molecule has 4 rings (SSSR count). The molecular formula is C28H29NO2. The lowest BCUT2D eigenvalue weighted by atomic mass is 9.94. The first-order valence-electron chi connectivity index (χ1n) is 10.7. The van der Waals surface area contributed by atoms with E-state index in [1.165, 1.54) is 5.56 Å². The highest BCUT2D eigenvalue weighted by Gasteiger charge is 2.15. The maximum absolute atomic E-state index is 10.1. The maximum Gasteiger partial charge on any atom is 0.120 e. The van der Waals surface area contributed by atoms with Crippen molar-refractivity contribution in [1.82, 2.24) is 4.98 Å². The first kappa shape index (κ1) is 21.1. The van der Waals surface area contributed by atoms with Crippen LogP contribution in [0.25, 0.3) is 22.0 Å². The Balaban J connectivity index is 1.61. The topological polar surface area (TPSA) is 42.4 Å². The minimum absolute atomic E-state index is 0.439. The summed E-state index contributed by atoms with van der Waals surface area (Å²) >= 11 is 0. The number of pyridine rings is 1. The van der Waals surface area contributed by atoms with Gasteiger partial charge in [0.15, 0.2) is 0 Å². The van der Waals surface area contributed by atoms with E-state index in [2.05, 4.69) is 49.2 Å². The Morgan fingerprint density at radius 3 is 2.42 bits per heavy atom. The Kier molecular flexibility index (Phi) is 5.79. The van der Waals surface area contributed by atoms with Crippen LogP contribution in [0.4, 0.5) is 0 Å². The number of aromatic nitrogens is 1. The molecule has 0 atom stereocenters. The molecule has 0 radical (unpaired) electrons. The summed E-state index contributed by atoms with van der Waals surface area (Å²) in [7, 11) is 0. The van der Waals surface area contributed by atoms with E-state index < -0.39 is 5.60 Å². The van der Waals surface area contributed by atoms with Gasteiger partial charge in [-0.2, -0.15) is 0 Å². The summed E-state index contributed by atoms with van der Waals surface area (Å²) in [4.78, 5) is 4.65. The van der Waals surface area contributed by atoms with Crippen molar-refractivity contribution in [3.05, 3.63) is 95.7 Å². The van der Waals surface area contributed by atoms with Crippen LogP contribution in [0, 0.1) is 0 Å². The highest BCUT2D eigenvalue weighted by atomic mass is 16.5. The Hall–Kier alpha value is -3.17. The van der Waals surface area contributed by atoms with E-state index >= 15 is 0 Å². The molecule has 0 unspecified atom stereocenters. The molecular weight excluding hydrogens is 382 g/mol. The number of fused-ring (bicyclic) bond motifs is 1. The molecule has 0 saturated heterocycles. The third-order valence-corrected chi connectivity index (χ3v) is 5.60. The lowest BCUT2D eigenvalue weighted by Crippen LogP contribution is -2.15. The second kappa shape index (κ2) is 8.52. The first-order valence-corrected chi connectivity index (χ1v) is 10.7. The van der Waals surface area contributed by atoms with Gasteiger partial charge in [-0.25, -0.2) is 0 Å². The average molecular weight is 412 g/mol. The predicted octanol–water partition coefficient (Wildman–Crippen LogP) is 6.83. The van der Waals surface area contributed by atoms with Crippen LogP contribution in [-0.4, -0.2) is 10.1 Å². The molecule has 1 aromatic heterocycles. The van der Waals surface area contributed by atoms with E-state index in [9.17, 15) is 5.11 Å². The van der Waals surface area contributed by atoms with E-state index in [-0.39, 0.29) is 0 Å². The molecule has 3 aromatic carbocycles. The fourth-order valence-electron chi connectivity index (χ4n) is 3.70. The molecule has 0 aliphatic carbocycles. The lowest BCUT2D eigenvalue weighted by molar-refractivity contribution is 0.0785. The molecule has 0 aliphatic heterocycles. The second-order valence-electron chi connectivity index (χ2n) is 8.87. The highest BCUT2D eigenvalue weighted by Crippen LogP contribution is 2.33. The van der Waals surface area contributed by atoms with Crippen LogP contribution in [0.15, 0.2) is 79.0 Å². The molecule has 158 valence electrons. The van der Waals surface area contributed by atoms with Crippen molar-refractivity contribution in [3.63, 3.8) is 0 Å². The summed E-state index contributed by atoms with van der Waals surface area (Å²) in [6, 6.07) is 24.7. The third-order valence-electron chi connectivity index (χ3n) is 5.60. The molecule has 0 aliphatic rings. The van der Waals surface area contributed by atoms with Crippen molar-refractivity contribution < 1.29 is 9.84 Å². The summed E-state index contributed by atoms with van der Waals surface area (Å²) < 4.78 is 6.09. The van der Waals surface area contributed by atoms with Crippen molar-refractivity contribution >= 4 is 10.9 Å². The Morgan fingerprint density at radius 2 is 1.71 bits per heavy atom. The van der Waals surface area contributed by atoms with Crippen molar-refractivity contribution in [2.75, 3.05) is 0 Å². The van der Waals surface area contributed by atoms with Gasteiger partial charge in [-0.1, -0.05) is 56.3 Å². The zero-order valence-electron chi connectivity index (χ0n) is 18.6. The zero-order chi connectivity index (χ0) is 22.0. The van der Waals surface area contributed by atoms with Gasteiger partial charge in [0.2, 0.25) is 0 Å². The van der Waals surface area contributed by atoms with Gasteiger partial charge < -0.3 is 9.84 Å². The summed E-state index contributed by atoms with van der Waals surface area (Å²) in [6.45, 7) is 8.47. The quantitative estimate of drug-likeness (QED) is 0.378. The largest absolute Gasteiger partial charge is 0.489 e. The van der Waals surface area contributed by atoms with Crippen LogP contribution < -0.4 is 4.74 Å². The lowest BCUT2D eigenvalue weighted by Gasteiger charge is -2.18. The van der Waals surface area contributed by atoms with Crippen LogP contribution in [0.5, 0.6) is 5.75 Å². The summed E-state index contributed by atoms with van der Waals surface area (Å²) in [5.41, 5.74) is 5.65. The maximum atomic E-state index is 10.1. The molecule has 3 nitrogen and oxygen atoms in total. The van der Waals surface area contributed by atoms with Gasteiger partial charge >= 0.3 is 0 Å². The fourth-order valence-corrected chi connectivity index (χ4v) is 3.70. The van der Waals surface area contributed by atoms with Crippen molar-refractivity contribution in [3.8, 4) is 16.9 Å². The number of aliphatic hydroxyl groups is 1.